The number of nitrogens with one attached hydrogen (secondary N) is 1. The molecule has 0 aliphatic heterocycles. The zero-order valence-corrected chi connectivity index (χ0v) is 10.0. The van der Waals surface area contributed by atoms with E-state index in [9.17, 15) is 18.0 Å². The summed E-state index contributed by atoms with van der Waals surface area (Å²) in [5.74, 6) is -2.89. The maximum Gasteiger partial charge on any atom is 0.255 e. The summed E-state index contributed by atoms with van der Waals surface area (Å²) in [6.45, 7) is 1.46. The Kier molecular flexibility index (Phi) is 3.55. The van der Waals surface area contributed by atoms with Gasteiger partial charge in [-0.05, 0) is 42.8 Å². The standard InChI is InChI=1S/C14H10F3NO/c1-8-2-7-11(16)13(12(8)17)18-14(19)9-3-5-10(15)6-4-9/h2-7H,1H3,(H,18,19). The Morgan fingerprint density at radius 2 is 1.63 bits per heavy atom. The Labute approximate surface area is 107 Å². The highest BCUT2D eigenvalue weighted by molar-refractivity contribution is 6.04. The first-order valence-electron chi connectivity index (χ1n) is 5.50. The van der Waals surface area contributed by atoms with Gasteiger partial charge in [0.2, 0.25) is 0 Å². The topological polar surface area (TPSA) is 29.1 Å². The highest BCUT2D eigenvalue weighted by Crippen LogP contribution is 2.22. The number of hydrogen-bond donors (Lipinski definition) is 1. The predicted octanol–water partition coefficient (Wildman–Crippen LogP) is 3.66. The van der Waals surface area contributed by atoms with Gasteiger partial charge in [-0.2, -0.15) is 0 Å². The van der Waals surface area contributed by atoms with E-state index >= 15 is 0 Å². The summed E-state index contributed by atoms with van der Waals surface area (Å²) in [6.07, 6.45) is 0. The fourth-order valence-corrected chi connectivity index (χ4v) is 1.56. The van der Waals surface area contributed by atoms with Gasteiger partial charge in [0.25, 0.3) is 5.91 Å². The minimum atomic E-state index is -0.862. The highest BCUT2D eigenvalue weighted by Gasteiger charge is 2.15. The molecule has 98 valence electrons. The zero-order chi connectivity index (χ0) is 14.0. The van der Waals surface area contributed by atoms with E-state index in [1.807, 2.05) is 0 Å². The van der Waals surface area contributed by atoms with Crippen LogP contribution in [0.25, 0.3) is 0 Å². The second-order valence-electron chi connectivity index (χ2n) is 4.01. The molecule has 0 heterocycles. The molecule has 2 aromatic rings. The summed E-state index contributed by atoms with van der Waals surface area (Å²) < 4.78 is 39.9. The zero-order valence-electron chi connectivity index (χ0n) is 10.0. The molecule has 1 amide bonds. The largest absolute Gasteiger partial charge is 0.317 e. The van der Waals surface area contributed by atoms with Crippen LogP contribution in [0.2, 0.25) is 0 Å². The summed E-state index contributed by atoms with van der Waals surface area (Å²) in [4.78, 5) is 11.8. The van der Waals surface area contributed by atoms with E-state index in [2.05, 4.69) is 5.32 Å². The van der Waals surface area contributed by atoms with Gasteiger partial charge in [-0.3, -0.25) is 4.79 Å². The Morgan fingerprint density at radius 1 is 1.00 bits per heavy atom. The molecule has 1 N–H and O–H groups in total. The van der Waals surface area contributed by atoms with Crippen LogP contribution >= 0.6 is 0 Å². The van der Waals surface area contributed by atoms with E-state index in [0.29, 0.717) is 0 Å². The van der Waals surface area contributed by atoms with Crippen LogP contribution in [0.5, 0.6) is 0 Å². The number of aryl methyl sites for hydroxylation is 1. The predicted molar refractivity (Wildman–Crippen MR) is 65.4 cm³/mol. The van der Waals surface area contributed by atoms with Crippen LogP contribution in [0, 0.1) is 24.4 Å². The molecule has 0 aliphatic carbocycles. The maximum absolute atomic E-state index is 13.7. The van der Waals surface area contributed by atoms with Crippen molar-refractivity contribution in [1.29, 1.82) is 0 Å². The van der Waals surface area contributed by atoms with Crippen LogP contribution in [0.3, 0.4) is 0 Å². The second-order valence-corrected chi connectivity index (χ2v) is 4.01. The van der Waals surface area contributed by atoms with Gasteiger partial charge in [0, 0.05) is 5.56 Å². The first kappa shape index (κ1) is 13.1. The number of amides is 1. The van der Waals surface area contributed by atoms with E-state index < -0.39 is 29.0 Å². The summed E-state index contributed by atoms with van der Waals surface area (Å²) in [5, 5.41) is 2.14. The third-order valence-electron chi connectivity index (χ3n) is 2.63. The summed E-state index contributed by atoms with van der Waals surface area (Å²) >= 11 is 0. The van der Waals surface area contributed by atoms with E-state index in [-0.39, 0.29) is 11.1 Å². The van der Waals surface area contributed by atoms with Crippen LogP contribution in [-0.4, -0.2) is 5.91 Å². The molecule has 0 fully saturated rings. The van der Waals surface area contributed by atoms with Gasteiger partial charge < -0.3 is 5.32 Å². The average Bonchev–Trinajstić information content (AvgIpc) is 2.40. The normalized spacial score (nSPS) is 10.3. The molecule has 2 aromatic carbocycles. The number of carbonyl (C=O) groups is 1. The number of anilines is 1. The molecule has 0 saturated carbocycles. The summed E-state index contributed by atoms with van der Waals surface area (Å²) in [5.41, 5.74) is -0.174. The molecule has 0 bridgehead atoms. The average molecular weight is 265 g/mol. The molecular weight excluding hydrogens is 255 g/mol. The van der Waals surface area contributed by atoms with E-state index in [1.165, 1.54) is 25.1 Å². The van der Waals surface area contributed by atoms with Gasteiger partial charge in [0.05, 0.1) is 0 Å². The van der Waals surface area contributed by atoms with Crippen LogP contribution in [0.4, 0.5) is 18.9 Å². The number of carbonyl (C=O) groups excluding carboxylic acids is 1. The molecule has 0 unspecified atom stereocenters. The monoisotopic (exact) mass is 265 g/mol. The van der Waals surface area contributed by atoms with Crippen LogP contribution in [0.1, 0.15) is 15.9 Å². The van der Waals surface area contributed by atoms with Crippen LogP contribution in [-0.2, 0) is 0 Å². The van der Waals surface area contributed by atoms with Gasteiger partial charge >= 0.3 is 0 Å². The van der Waals surface area contributed by atoms with Gasteiger partial charge in [-0.25, -0.2) is 13.2 Å². The molecule has 0 atom stereocenters. The first-order valence-corrected chi connectivity index (χ1v) is 5.50. The number of benzene rings is 2. The van der Waals surface area contributed by atoms with E-state index in [0.717, 1.165) is 18.2 Å². The van der Waals surface area contributed by atoms with Crippen molar-refractivity contribution in [3.8, 4) is 0 Å². The molecular formula is C14H10F3NO. The molecule has 0 spiro atoms. The first-order chi connectivity index (χ1) is 8.99. The molecule has 2 rings (SSSR count). The Balaban J connectivity index is 2.29. The summed E-state index contributed by atoms with van der Waals surface area (Å²) in [6, 6.07) is 7.00. The van der Waals surface area contributed by atoms with Crippen molar-refractivity contribution in [2.24, 2.45) is 0 Å². The fraction of sp³-hybridized carbons (Fsp3) is 0.0714. The van der Waals surface area contributed by atoms with Crippen molar-refractivity contribution in [2.45, 2.75) is 6.92 Å². The Bertz CT molecular complexity index is 623. The number of rotatable bonds is 2. The van der Waals surface area contributed by atoms with Crippen molar-refractivity contribution in [3.05, 3.63) is 65.0 Å². The highest BCUT2D eigenvalue weighted by atomic mass is 19.1. The quantitative estimate of drug-likeness (QED) is 0.882. The summed E-state index contributed by atoms with van der Waals surface area (Å²) in [7, 11) is 0. The molecule has 0 aliphatic rings. The maximum atomic E-state index is 13.7. The Morgan fingerprint density at radius 3 is 2.26 bits per heavy atom. The second kappa shape index (κ2) is 5.14. The molecule has 0 saturated heterocycles. The van der Waals surface area contributed by atoms with E-state index in [4.69, 9.17) is 0 Å². The van der Waals surface area contributed by atoms with Gasteiger partial charge in [-0.1, -0.05) is 6.07 Å². The van der Waals surface area contributed by atoms with Gasteiger partial charge in [-0.15, -0.1) is 0 Å². The SMILES string of the molecule is Cc1ccc(F)c(NC(=O)c2ccc(F)cc2)c1F. The van der Waals surface area contributed by atoms with Gasteiger partial charge in [0.15, 0.2) is 5.82 Å². The fourth-order valence-electron chi connectivity index (χ4n) is 1.56. The lowest BCUT2D eigenvalue weighted by Gasteiger charge is -2.09. The molecule has 2 nitrogen and oxygen atoms in total. The lowest BCUT2D eigenvalue weighted by Crippen LogP contribution is -2.14. The van der Waals surface area contributed by atoms with Crippen molar-refractivity contribution < 1.29 is 18.0 Å². The van der Waals surface area contributed by atoms with Crippen LogP contribution in [0.15, 0.2) is 36.4 Å². The van der Waals surface area contributed by atoms with Crippen LogP contribution < -0.4 is 5.32 Å². The lowest BCUT2D eigenvalue weighted by molar-refractivity contribution is 0.102. The molecule has 0 radical (unpaired) electrons. The number of halogens is 3. The lowest BCUT2D eigenvalue weighted by atomic mass is 10.1. The third kappa shape index (κ3) is 2.76. The minimum Gasteiger partial charge on any atom is -0.317 e. The van der Waals surface area contributed by atoms with Crippen molar-refractivity contribution >= 4 is 11.6 Å². The molecule has 0 aromatic heterocycles. The van der Waals surface area contributed by atoms with Crippen molar-refractivity contribution in [1.82, 2.24) is 0 Å². The Hall–Kier alpha value is -2.30. The van der Waals surface area contributed by atoms with Crippen molar-refractivity contribution in [3.63, 3.8) is 0 Å². The minimum absolute atomic E-state index is 0.113. The van der Waals surface area contributed by atoms with Gasteiger partial charge in [0.1, 0.15) is 17.3 Å². The van der Waals surface area contributed by atoms with E-state index in [1.54, 1.807) is 0 Å². The molecule has 5 heteroatoms. The number of hydrogen-bond acceptors (Lipinski definition) is 1. The van der Waals surface area contributed by atoms with Crippen molar-refractivity contribution in [2.75, 3.05) is 5.32 Å². The molecule has 19 heavy (non-hydrogen) atoms. The smallest absolute Gasteiger partial charge is 0.255 e. The third-order valence-corrected chi connectivity index (χ3v) is 2.63.